The highest BCUT2D eigenvalue weighted by Crippen LogP contribution is 2.29. The number of aliphatic carboxylic acids is 1. The molecular weight excluding hydrogens is 254 g/mol. The van der Waals surface area contributed by atoms with Crippen LogP contribution in [0.15, 0.2) is 6.07 Å². The van der Waals surface area contributed by atoms with E-state index in [9.17, 15) is 9.59 Å². The maximum absolute atomic E-state index is 11.1. The molecule has 5 nitrogen and oxygen atoms in total. The van der Waals surface area contributed by atoms with Crippen LogP contribution < -0.4 is 0 Å². The number of aromatic carboxylic acids is 1. The Balaban J connectivity index is 2.19. The molecule has 0 saturated carbocycles. The second kappa shape index (κ2) is 5.07. The maximum atomic E-state index is 11.1. The lowest BCUT2D eigenvalue weighted by atomic mass is 10.1. The quantitative estimate of drug-likeness (QED) is 0.869. The SMILES string of the molecule is CCC(C(=O)O)N1CCc2sc(C(=O)O)cc2C1. The van der Waals surface area contributed by atoms with E-state index in [1.54, 1.807) is 6.07 Å². The van der Waals surface area contributed by atoms with Crippen molar-refractivity contribution in [2.75, 3.05) is 6.54 Å². The van der Waals surface area contributed by atoms with E-state index in [1.165, 1.54) is 11.3 Å². The second-order valence-electron chi connectivity index (χ2n) is 4.35. The number of nitrogens with zero attached hydrogens (tertiary/aromatic N) is 1. The highest BCUT2D eigenvalue weighted by Gasteiger charge is 2.28. The van der Waals surface area contributed by atoms with Crippen LogP contribution in [0.3, 0.4) is 0 Å². The molecule has 0 spiro atoms. The summed E-state index contributed by atoms with van der Waals surface area (Å²) in [6, 6.07) is 1.19. The van der Waals surface area contributed by atoms with Crippen LogP contribution in [0, 0.1) is 0 Å². The smallest absolute Gasteiger partial charge is 0.345 e. The molecular formula is C12H15NO4S. The van der Waals surface area contributed by atoms with Gasteiger partial charge in [0.1, 0.15) is 10.9 Å². The number of hydrogen-bond donors (Lipinski definition) is 2. The Bertz CT molecular complexity index is 482. The van der Waals surface area contributed by atoms with Crippen LogP contribution in [0.1, 0.15) is 33.5 Å². The molecule has 98 valence electrons. The average Bonchev–Trinajstić information content (AvgIpc) is 2.72. The van der Waals surface area contributed by atoms with E-state index >= 15 is 0 Å². The molecule has 1 aromatic rings. The molecule has 0 bridgehead atoms. The van der Waals surface area contributed by atoms with Gasteiger partial charge in [0.2, 0.25) is 0 Å². The third-order valence-electron chi connectivity index (χ3n) is 3.22. The minimum Gasteiger partial charge on any atom is -0.480 e. The average molecular weight is 269 g/mol. The Hall–Kier alpha value is -1.40. The Labute approximate surface area is 109 Å². The zero-order valence-electron chi connectivity index (χ0n) is 10.0. The summed E-state index contributed by atoms with van der Waals surface area (Å²) in [5.74, 6) is -1.72. The molecule has 1 unspecified atom stereocenters. The van der Waals surface area contributed by atoms with Crippen LogP contribution >= 0.6 is 11.3 Å². The summed E-state index contributed by atoms with van der Waals surface area (Å²) in [4.78, 5) is 25.3. The first-order valence-corrected chi connectivity index (χ1v) is 6.66. The number of hydrogen-bond acceptors (Lipinski definition) is 4. The lowest BCUT2D eigenvalue weighted by Crippen LogP contribution is -2.43. The van der Waals surface area contributed by atoms with Crippen LogP contribution in [0.5, 0.6) is 0 Å². The van der Waals surface area contributed by atoms with E-state index in [0.29, 0.717) is 24.4 Å². The summed E-state index contributed by atoms with van der Waals surface area (Å²) in [6.07, 6.45) is 1.29. The summed E-state index contributed by atoms with van der Waals surface area (Å²) in [6.45, 7) is 3.06. The Kier molecular flexibility index (Phi) is 3.68. The van der Waals surface area contributed by atoms with E-state index in [1.807, 2.05) is 11.8 Å². The van der Waals surface area contributed by atoms with E-state index < -0.39 is 18.0 Å². The van der Waals surface area contributed by atoms with E-state index in [2.05, 4.69) is 0 Å². The molecule has 0 aromatic carbocycles. The van der Waals surface area contributed by atoms with Gasteiger partial charge in [-0.15, -0.1) is 11.3 Å². The summed E-state index contributed by atoms with van der Waals surface area (Å²) in [5, 5.41) is 18.1. The fraction of sp³-hybridized carbons (Fsp3) is 0.500. The Morgan fingerprint density at radius 2 is 2.22 bits per heavy atom. The largest absolute Gasteiger partial charge is 0.480 e. The molecule has 0 amide bonds. The second-order valence-corrected chi connectivity index (χ2v) is 5.48. The number of fused-ring (bicyclic) bond motifs is 1. The van der Waals surface area contributed by atoms with Gasteiger partial charge in [-0.05, 0) is 24.5 Å². The highest BCUT2D eigenvalue weighted by molar-refractivity contribution is 7.14. The van der Waals surface area contributed by atoms with Gasteiger partial charge in [-0.1, -0.05) is 6.92 Å². The minimum atomic E-state index is -0.911. The van der Waals surface area contributed by atoms with Crippen molar-refractivity contribution in [3.8, 4) is 0 Å². The van der Waals surface area contributed by atoms with Crippen LogP contribution in [0.2, 0.25) is 0 Å². The van der Waals surface area contributed by atoms with Crippen molar-refractivity contribution >= 4 is 23.3 Å². The summed E-state index contributed by atoms with van der Waals surface area (Å²) in [5.41, 5.74) is 0.961. The number of thiophene rings is 1. The normalized spacial score (nSPS) is 17.2. The Morgan fingerprint density at radius 1 is 1.50 bits per heavy atom. The molecule has 0 fully saturated rings. The van der Waals surface area contributed by atoms with Gasteiger partial charge in [0.15, 0.2) is 0 Å². The predicted molar refractivity (Wildman–Crippen MR) is 67.1 cm³/mol. The van der Waals surface area contributed by atoms with Crippen molar-refractivity contribution in [2.24, 2.45) is 0 Å². The lowest BCUT2D eigenvalue weighted by molar-refractivity contribution is -0.143. The molecule has 1 aromatic heterocycles. The highest BCUT2D eigenvalue weighted by atomic mass is 32.1. The van der Waals surface area contributed by atoms with Crippen molar-refractivity contribution in [2.45, 2.75) is 32.4 Å². The standard InChI is InChI=1S/C12H15NO4S/c1-2-8(11(14)15)13-4-3-9-7(6-13)5-10(18-9)12(16)17/h5,8H,2-4,6H2,1H3,(H,14,15)(H,16,17). The fourth-order valence-corrected chi connectivity index (χ4v) is 3.32. The zero-order chi connectivity index (χ0) is 13.3. The number of carboxylic acids is 2. The monoisotopic (exact) mass is 269 g/mol. The lowest BCUT2D eigenvalue weighted by Gasteiger charge is -2.31. The number of rotatable bonds is 4. The zero-order valence-corrected chi connectivity index (χ0v) is 10.9. The van der Waals surface area contributed by atoms with Gasteiger partial charge in [0.05, 0.1) is 0 Å². The minimum absolute atomic E-state index is 0.338. The van der Waals surface area contributed by atoms with Crippen molar-refractivity contribution in [3.05, 3.63) is 21.4 Å². The first-order chi connectivity index (χ1) is 8.52. The molecule has 2 rings (SSSR count). The van der Waals surface area contributed by atoms with Gasteiger partial charge in [0, 0.05) is 18.0 Å². The van der Waals surface area contributed by atoms with Crippen LogP contribution in [-0.2, 0) is 17.8 Å². The summed E-state index contributed by atoms with van der Waals surface area (Å²) in [7, 11) is 0. The maximum Gasteiger partial charge on any atom is 0.345 e. The van der Waals surface area contributed by atoms with Gasteiger partial charge in [-0.25, -0.2) is 4.79 Å². The van der Waals surface area contributed by atoms with E-state index in [4.69, 9.17) is 10.2 Å². The van der Waals surface area contributed by atoms with Gasteiger partial charge >= 0.3 is 11.9 Å². The molecule has 1 aliphatic heterocycles. The number of carboxylic acid groups (broad SMARTS) is 2. The Morgan fingerprint density at radius 3 is 2.78 bits per heavy atom. The van der Waals surface area contributed by atoms with Crippen molar-refractivity contribution < 1.29 is 19.8 Å². The molecule has 2 heterocycles. The molecule has 6 heteroatoms. The molecule has 1 atom stereocenters. The molecule has 2 N–H and O–H groups in total. The third kappa shape index (κ3) is 2.39. The third-order valence-corrected chi connectivity index (χ3v) is 4.44. The predicted octanol–water partition coefficient (Wildman–Crippen LogP) is 1.67. The van der Waals surface area contributed by atoms with Crippen LogP contribution in [0.4, 0.5) is 0 Å². The fourth-order valence-electron chi connectivity index (χ4n) is 2.32. The summed E-state index contributed by atoms with van der Waals surface area (Å²) < 4.78 is 0. The number of carbonyl (C=O) groups is 2. The van der Waals surface area contributed by atoms with E-state index in [-0.39, 0.29) is 0 Å². The van der Waals surface area contributed by atoms with Gasteiger partial charge < -0.3 is 10.2 Å². The molecule has 0 saturated heterocycles. The van der Waals surface area contributed by atoms with Gasteiger partial charge in [-0.2, -0.15) is 0 Å². The first-order valence-electron chi connectivity index (χ1n) is 5.84. The first kappa shape index (κ1) is 13.0. The molecule has 0 radical (unpaired) electrons. The molecule has 18 heavy (non-hydrogen) atoms. The molecule has 0 aliphatic carbocycles. The van der Waals surface area contributed by atoms with Crippen LogP contribution in [0.25, 0.3) is 0 Å². The van der Waals surface area contributed by atoms with Crippen molar-refractivity contribution in [1.82, 2.24) is 4.90 Å². The van der Waals surface area contributed by atoms with Crippen LogP contribution in [-0.4, -0.2) is 39.6 Å². The van der Waals surface area contributed by atoms with Crippen molar-refractivity contribution in [1.29, 1.82) is 0 Å². The van der Waals surface area contributed by atoms with Gasteiger partial charge in [0.25, 0.3) is 0 Å². The summed E-state index contributed by atoms with van der Waals surface area (Å²) >= 11 is 1.30. The van der Waals surface area contributed by atoms with E-state index in [0.717, 1.165) is 16.9 Å². The van der Waals surface area contributed by atoms with Gasteiger partial charge in [-0.3, -0.25) is 9.69 Å². The van der Waals surface area contributed by atoms with Crippen molar-refractivity contribution in [3.63, 3.8) is 0 Å². The molecule has 1 aliphatic rings. The topological polar surface area (TPSA) is 77.8 Å².